The van der Waals surface area contributed by atoms with Crippen molar-refractivity contribution < 1.29 is 0 Å². The summed E-state index contributed by atoms with van der Waals surface area (Å²) in [5.74, 6) is 0. The maximum absolute atomic E-state index is 4.51. The fourth-order valence-electron chi connectivity index (χ4n) is 2.06. The summed E-state index contributed by atoms with van der Waals surface area (Å²) < 4.78 is 1.18. The smallest absolute Gasteiger partial charge is 0.0701 e. The lowest BCUT2D eigenvalue weighted by atomic mass is 10.0. The number of rotatable bonds is 6. The molecule has 0 aromatic carbocycles. The first-order valence-corrected chi connectivity index (χ1v) is 8.25. The summed E-state index contributed by atoms with van der Waals surface area (Å²) in [4.78, 5) is 4.51. The summed E-state index contributed by atoms with van der Waals surface area (Å²) in [7, 11) is 0. The second kappa shape index (κ2) is 7.17. The molecule has 1 atom stereocenters. The number of hydrogen-bond acceptors (Lipinski definition) is 3. The minimum atomic E-state index is 0.344. The van der Waals surface area contributed by atoms with Crippen molar-refractivity contribution >= 4 is 27.3 Å². The lowest BCUT2D eigenvalue weighted by Crippen LogP contribution is -2.24. The van der Waals surface area contributed by atoms with Crippen LogP contribution >= 0.6 is 27.3 Å². The van der Waals surface area contributed by atoms with Crippen molar-refractivity contribution in [3.63, 3.8) is 0 Å². The van der Waals surface area contributed by atoms with Crippen LogP contribution in [0.15, 0.2) is 33.6 Å². The molecule has 1 unspecified atom stereocenters. The van der Waals surface area contributed by atoms with E-state index in [9.17, 15) is 0 Å². The molecule has 0 fully saturated rings. The molecule has 0 amide bonds. The molecule has 2 nitrogen and oxygen atoms in total. The third-order valence-corrected chi connectivity index (χ3v) is 4.67. The van der Waals surface area contributed by atoms with Gasteiger partial charge in [0, 0.05) is 24.4 Å². The Balaban J connectivity index is 2.16. The normalized spacial score (nSPS) is 12.6. The van der Waals surface area contributed by atoms with Crippen LogP contribution in [0.25, 0.3) is 0 Å². The number of pyridine rings is 1. The molecule has 102 valence electrons. The molecule has 0 saturated heterocycles. The van der Waals surface area contributed by atoms with E-state index in [0.29, 0.717) is 6.04 Å². The number of aryl methyl sites for hydroxylation is 1. The van der Waals surface area contributed by atoms with Gasteiger partial charge in [0.15, 0.2) is 0 Å². The third kappa shape index (κ3) is 4.13. The molecule has 2 aromatic heterocycles. The maximum Gasteiger partial charge on any atom is 0.0701 e. The van der Waals surface area contributed by atoms with Gasteiger partial charge < -0.3 is 5.32 Å². The molecule has 2 aromatic rings. The molecule has 2 heterocycles. The molecule has 2 rings (SSSR count). The number of nitrogens with zero attached hydrogens (tertiary/aromatic N) is 1. The van der Waals surface area contributed by atoms with Gasteiger partial charge in [-0.25, -0.2) is 0 Å². The second-order valence-corrected chi connectivity index (χ2v) is 6.95. The van der Waals surface area contributed by atoms with E-state index in [0.717, 1.165) is 19.4 Å². The molecular weight excluding hydrogens is 320 g/mol. The van der Waals surface area contributed by atoms with Crippen LogP contribution < -0.4 is 5.32 Å². The van der Waals surface area contributed by atoms with Gasteiger partial charge in [0.05, 0.1) is 3.79 Å². The predicted octanol–water partition coefficient (Wildman–Crippen LogP) is 4.50. The van der Waals surface area contributed by atoms with Crippen molar-refractivity contribution in [3.8, 4) is 0 Å². The molecule has 4 heteroatoms. The minimum absolute atomic E-state index is 0.344. The molecule has 0 aliphatic carbocycles. The van der Waals surface area contributed by atoms with Gasteiger partial charge in [-0.1, -0.05) is 13.0 Å². The van der Waals surface area contributed by atoms with Crippen LogP contribution in [0, 0.1) is 6.92 Å². The van der Waals surface area contributed by atoms with Crippen molar-refractivity contribution in [2.24, 2.45) is 0 Å². The highest BCUT2D eigenvalue weighted by molar-refractivity contribution is 9.11. The molecule has 0 bridgehead atoms. The first-order chi connectivity index (χ1) is 9.20. The largest absolute Gasteiger partial charge is 0.310 e. The Morgan fingerprint density at radius 1 is 1.47 bits per heavy atom. The van der Waals surface area contributed by atoms with Gasteiger partial charge in [0.2, 0.25) is 0 Å². The van der Waals surface area contributed by atoms with Crippen molar-refractivity contribution in [2.75, 3.05) is 6.54 Å². The van der Waals surface area contributed by atoms with E-state index in [1.54, 1.807) is 11.3 Å². The lowest BCUT2D eigenvalue weighted by Gasteiger charge is -2.18. The molecule has 0 aliphatic heterocycles. The Morgan fingerprint density at radius 3 is 2.95 bits per heavy atom. The highest BCUT2D eigenvalue weighted by atomic mass is 79.9. The van der Waals surface area contributed by atoms with Crippen molar-refractivity contribution in [3.05, 3.63) is 50.4 Å². The first-order valence-electron chi connectivity index (χ1n) is 6.58. The zero-order valence-electron chi connectivity index (χ0n) is 11.3. The Kier molecular flexibility index (Phi) is 5.55. The molecular formula is C15H19BrN2S. The molecule has 0 radical (unpaired) electrons. The topological polar surface area (TPSA) is 24.9 Å². The minimum Gasteiger partial charge on any atom is -0.310 e. The van der Waals surface area contributed by atoms with Gasteiger partial charge >= 0.3 is 0 Å². The van der Waals surface area contributed by atoms with Crippen LogP contribution in [0.5, 0.6) is 0 Å². The summed E-state index contributed by atoms with van der Waals surface area (Å²) in [6, 6.07) is 6.67. The van der Waals surface area contributed by atoms with Gasteiger partial charge in [-0.05, 0) is 64.5 Å². The zero-order valence-corrected chi connectivity index (χ0v) is 13.7. The Hall–Kier alpha value is -0.710. The van der Waals surface area contributed by atoms with E-state index in [4.69, 9.17) is 0 Å². The number of halogens is 1. The number of hydrogen-bond donors (Lipinski definition) is 1. The average molecular weight is 339 g/mol. The van der Waals surface area contributed by atoms with Crippen LogP contribution in [-0.2, 0) is 6.42 Å². The predicted molar refractivity (Wildman–Crippen MR) is 85.7 cm³/mol. The standard InChI is InChI=1S/C15H19BrN2S/c1-3-6-17-14(12-8-15(16)19-10-12)9-13-11(2)5-4-7-18-13/h4-5,7-8,10,14,17H,3,6,9H2,1-2H3. The van der Waals surface area contributed by atoms with E-state index in [-0.39, 0.29) is 0 Å². The maximum atomic E-state index is 4.51. The summed E-state index contributed by atoms with van der Waals surface area (Å²) >= 11 is 5.28. The van der Waals surface area contributed by atoms with E-state index < -0.39 is 0 Å². The van der Waals surface area contributed by atoms with Crippen LogP contribution in [0.2, 0.25) is 0 Å². The number of nitrogens with one attached hydrogen (secondary N) is 1. The van der Waals surface area contributed by atoms with Gasteiger partial charge in [0.1, 0.15) is 0 Å². The Morgan fingerprint density at radius 2 is 2.32 bits per heavy atom. The quantitative estimate of drug-likeness (QED) is 0.838. The summed E-state index contributed by atoms with van der Waals surface area (Å²) in [5.41, 5.74) is 3.79. The summed E-state index contributed by atoms with van der Waals surface area (Å²) in [6.45, 7) is 5.35. The SMILES string of the molecule is CCCNC(Cc1ncccc1C)c1csc(Br)c1. The van der Waals surface area contributed by atoms with Gasteiger partial charge in [0.25, 0.3) is 0 Å². The van der Waals surface area contributed by atoms with E-state index >= 15 is 0 Å². The van der Waals surface area contributed by atoms with Crippen LogP contribution in [0.4, 0.5) is 0 Å². The zero-order chi connectivity index (χ0) is 13.7. The Labute approximate surface area is 127 Å². The first kappa shape index (κ1) is 14.7. The lowest BCUT2D eigenvalue weighted by molar-refractivity contribution is 0.524. The van der Waals surface area contributed by atoms with Crippen LogP contribution in [-0.4, -0.2) is 11.5 Å². The fourth-order valence-corrected chi connectivity index (χ4v) is 3.29. The number of thiophene rings is 1. The monoisotopic (exact) mass is 338 g/mol. The van der Waals surface area contributed by atoms with Crippen molar-refractivity contribution in [1.29, 1.82) is 0 Å². The summed E-state index contributed by atoms with van der Waals surface area (Å²) in [5, 5.41) is 5.84. The van der Waals surface area contributed by atoms with Gasteiger partial charge in [-0.15, -0.1) is 11.3 Å². The second-order valence-electron chi connectivity index (χ2n) is 4.66. The molecule has 0 saturated carbocycles. The van der Waals surface area contributed by atoms with Gasteiger partial charge in [-0.2, -0.15) is 0 Å². The van der Waals surface area contributed by atoms with Crippen molar-refractivity contribution in [1.82, 2.24) is 10.3 Å². The molecule has 1 N–H and O–H groups in total. The fraction of sp³-hybridized carbons (Fsp3) is 0.400. The average Bonchev–Trinajstić information content (AvgIpc) is 2.83. The summed E-state index contributed by atoms with van der Waals surface area (Å²) in [6.07, 6.45) is 3.96. The Bertz CT molecular complexity index is 524. The highest BCUT2D eigenvalue weighted by Gasteiger charge is 2.14. The third-order valence-electron chi connectivity index (χ3n) is 3.15. The van der Waals surface area contributed by atoms with E-state index in [2.05, 4.69) is 57.6 Å². The van der Waals surface area contributed by atoms with E-state index in [1.807, 2.05) is 12.3 Å². The number of aromatic nitrogens is 1. The van der Waals surface area contributed by atoms with Gasteiger partial charge in [-0.3, -0.25) is 4.98 Å². The molecule has 0 spiro atoms. The highest BCUT2D eigenvalue weighted by Crippen LogP contribution is 2.27. The molecule has 19 heavy (non-hydrogen) atoms. The van der Waals surface area contributed by atoms with Crippen LogP contribution in [0.3, 0.4) is 0 Å². The van der Waals surface area contributed by atoms with Crippen LogP contribution in [0.1, 0.15) is 36.2 Å². The van der Waals surface area contributed by atoms with E-state index in [1.165, 1.54) is 20.6 Å². The molecule has 0 aliphatic rings. The van der Waals surface area contributed by atoms with Crippen molar-refractivity contribution in [2.45, 2.75) is 32.7 Å².